The molecular formula is C23H33N3O2. The fourth-order valence-corrected chi connectivity index (χ4v) is 4.19. The number of pyridine rings is 1. The number of allylic oxidation sites excluding steroid dienone is 1. The minimum atomic E-state index is 0.189. The van der Waals surface area contributed by atoms with Crippen LogP contribution in [0.3, 0.4) is 0 Å². The highest BCUT2D eigenvalue weighted by molar-refractivity contribution is 5.93. The van der Waals surface area contributed by atoms with Gasteiger partial charge in [0.25, 0.3) is 0 Å². The lowest BCUT2D eigenvalue weighted by Crippen LogP contribution is -2.41. The van der Waals surface area contributed by atoms with Gasteiger partial charge in [-0.15, -0.1) is 0 Å². The topological polar surface area (TPSA) is 53.5 Å². The van der Waals surface area contributed by atoms with Crippen molar-refractivity contribution >= 4 is 11.8 Å². The largest absolute Gasteiger partial charge is 0.345 e. The number of hydrogen-bond donors (Lipinski definition) is 0. The number of carbonyl (C=O) groups is 2. The monoisotopic (exact) mass is 383 g/mol. The van der Waals surface area contributed by atoms with Crippen LogP contribution in [0.25, 0.3) is 0 Å². The lowest BCUT2D eigenvalue weighted by Gasteiger charge is -2.34. The minimum Gasteiger partial charge on any atom is -0.345 e. The number of amides is 2. The third-order valence-electron chi connectivity index (χ3n) is 5.99. The van der Waals surface area contributed by atoms with E-state index < -0.39 is 0 Å². The molecule has 1 aliphatic heterocycles. The van der Waals surface area contributed by atoms with Crippen molar-refractivity contribution < 1.29 is 9.59 Å². The van der Waals surface area contributed by atoms with Crippen molar-refractivity contribution in [2.75, 3.05) is 26.7 Å². The van der Waals surface area contributed by atoms with Crippen molar-refractivity contribution in [1.82, 2.24) is 14.8 Å². The Morgan fingerprint density at radius 3 is 2.89 bits per heavy atom. The van der Waals surface area contributed by atoms with Crippen LogP contribution in [0.4, 0.5) is 0 Å². The van der Waals surface area contributed by atoms with Gasteiger partial charge in [0, 0.05) is 57.0 Å². The van der Waals surface area contributed by atoms with Gasteiger partial charge in [-0.3, -0.25) is 14.6 Å². The maximum absolute atomic E-state index is 12.7. The number of likely N-dealkylation sites (tertiary alicyclic amines) is 1. The van der Waals surface area contributed by atoms with Crippen LogP contribution in [0.2, 0.25) is 0 Å². The molecule has 1 aliphatic carbocycles. The average molecular weight is 384 g/mol. The highest BCUT2D eigenvalue weighted by atomic mass is 16.2. The van der Waals surface area contributed by atoms with E-state index in [0.717, 1.165) is 69.3 Å². The van der Waals surface area contributed by atoms with Crippen molar-refractivity contribution in [3.8, 4) is 0 Å². The Balaban J connectivity index is 1.41. The molecule has 28 heavy (non-hydrogen) atoms. The standard InChI is InChI=1S/C23H33N3O2/c1-25(17-14-21-11-5-6-15-24-21)22(27)13-12-19-8-7-16-26(18-19)23(28)20-9-3-2-4-10-20/h5-6,9,11,15,19H,2-4,7-8,10,12-14,16-18H2,1H3/t19-/m1/s1. The van der Waals surface area contributed by atoms with Gasteiger partial charge in [0.2, 0.25) is 11.8 Å². The highest BCUT2D eigenvalue weighted by Crippen LogP contribution is 2.25. The maximum atomic E-state index is 12.7. The van der Waals surface area contributed by atoms with Gasteiger partial charge >= 0.3 is 0 Å². The Morgan fingerprint density at radius 1 is 1.25 bits per heavy atom. The predicted octanol–water partition coefficient (Wildman–Crippen LogP) is 3.60. The van der Waals surface area contributed by atoms with E-state index in [2.05, 4.69) is 11.1 Å². The van der Waals surface area contributed by atoms with Gasteiger partial charge in [0.1, 0.15) is 0 Å². The van der Waals surface area contributed by atoms with Gasteiger partial charge in [-0.1, -0.05) is 12.1 Å². The molecule has 0 spiro atoms. The Morgan fingerprint density at radius 2 is 2.14 bits per heavy atom. The van der Waals surface area contributed by atoms with Gasteiger partial charge in [-0.25, -0.2) is 0 Å². The first kappa shape index (κ1) is 20.6. The lowest BCUT2D eigenvalue weighted by molar-refractivity contribution is -0.130. The Labute approximate surface area is 168 Å². The second-order valence-corrected chi connectivity index (χ2v) is 8.16. The minimum absolute atomic E-state index is 0.189. The Kier molecular flexibility index (Phi) is 7.63. The molecule has 0 N–H and O–H groups in total. The average Bonchev–Trinajstić information content (AvgIpc) is 2.76. The van der Waals surface area contributed by atoms with Gasteiger partial charge < -0.3 is 9.80 Å². The molecule has 1 saturated heterocycles. The van der Waals surface area contributed by atoms with E-state index in [4.69, 9.17) is 0 Å². The molecule has 2 amide bonds. The van der Waals surface area contributed by atoms with Gasteiger partial charge in [0.15, 0.2) is 0 Å². The summed E-state index contributed by atoms with van der Waals surface area (Å²) in [5.41, 5.74) is 2.03. The normalized spacial score (nSPS) is 19.8. The third kappa shape index (κ3) is 5.91. The fourth-order valence-electron chi connectivity index (χ4n) is 4.19. The van der Waals surface area contributed by atoms with E-state index >= 15 is 0 Å². The van der Waals surface area contributed by atoms with Crippen LogP contribution in [0, 0.1) is 5.92 Å². The van der Waals surface area contributed by atoms with Crippen molar-refractivity contribution in [2.45, 2.75) is 57.8 Å². The number of carbonyl (C=O) groups excluding carboxylic acids is 2. The SMILES string of the molecule is CN(CCc1ccccn1)C(=O)CC[C@H]1CCCN(C(=O)C2=CCCCC2)C1. The quantitative estimate of drug-likeness (QED) is 0.723. The zero-order valence-corrected chi connectivity index (χ0v) is 17.1. The van der Waals surface area contributed by atoms with E-state index in [1.807, 2.05) is 35.0 Å². The van der Waals surface area contributed by atoms with Crippen LogP contribution in [0.15, 0.2) is 36.0 Å². The molecule has 2 aliphatic rings. The molecule has 0 saturated carbocycles. The molecule has 0 radical (unpaired) electrons. The van der Waals surface area contributed by atoms with Crippen LogP contribution in [0.5, 0.6) is 0 Å². The van der Waals surface area contributed by atoms with E-state index in [1.54, 1.807) is 6.20 Å². The van der Waals surface area contributed by atoms with Crippen molar-refractivity contribution in [2.24, 2.45) is 5.92 Å². The molecule has 0 aromatic carbocycles. The smallest absolute Gasteiger partial charge is 0.249 e. The number of aromatic nitrogens is 1. The molecule has 1 atom stereocenters. The summed E-state index contributed by atoms with van der Waals surface area (Å²) >= 11 is 0. The summed E-state index contributed by atoms with van der Waals surface area (Å²) in [6.45, 7) is 2.37. The first-order valence-corrected chi connectivity index (χ1v) is 10.8. The molecule has 152 valence electrons. The second kappa shape index (κ2) is 10.4. The highest BCUT2D eigenvalue weighted by Gasteiger charge is 2.26. The molecule has 1 aromatic heterocycles. The Hall–Kier alpha value is -2.17. The van der Waals surface area contributed by atoms with Gasteiger partial charge in [-0.2, -0.15) is 0 Å². The number of likely N-dealkylation sites (N-methyl/N-ethyl adjacent to an activating group) is 1. The van der Waals surface area contributed by atoms with E-state index in [0.29, 0.717) is 18.9 Å². The second-order valence-electron chi connectivity index (χ2n) is 8.16. The van der Waals surface area contributed by atoms with E-state index in [-0.39, 0.29) is 11.8 Å². The summed E-state index contributed by atoms with van der Waals surface area (Å²) in [6, 6.07) is 5.87. The van der Waals surface area contributed by atoms with Gasteiger partial charge in [-0.05, 0) is 63.0 Å². The molecule has 2 heterocycles. The van der Waals surface area contributed by atoms with Crippen LogP contribution in [-0.4, -0.2) is 53.3 Å². The molecule has 5 nitrogen and oxygen atoms in total. The lowest BCUT2D eigenvalue weighted by atomic mass is 9.91. The first-order valence-electron chi connectivity index (χ1n) is 10.8. The summed E-state index contributed by atoms with van der Waals surface area (Å²) in [7, 11) is 1.87. The van der Waals surface area contributed by atoms with Crippen LogP contribution in [0.1, 0.15) is 57.1 Å². The molecule has 3 rings (SSSR count). The maximum Gasteiger partial charge on any atom is 0.249 e. The summed E-state index contributed by atoms with van der Waals surface area (Å²) in [6.07, 6.45) is 12.6. The molecule has 0 bridgehead atoms. The van der Waals surface area contributed by atoms with Crippen molar-refractivity contribution in [3.05, 3.63) is 41.7 Å². The fraction of sp³-hybridized carbons (Fsp3) is 0.609. The van der Waals surface area contributed by atoms with Crippen LogP contribution in [-0.2, 0) is 16.0 Å². The molecule has 1 fully saturated rings. The number of nitrogens with zero attached hydrogens (tertiary/aromatic N) is 3. The first-order chi connectivity index (χ1) is 13.6. The van der Waals surface area contributed by atoms with Crippen LogP contribution >= 0.6 is 0 Å². The zero-order valence-electron chi connectivity index (χ0n) is 17.1. The molecule has 0 unspecified atom stereocenters. The third-order valence-corrected chi connectivity index (χ3v) is 5.99. The Bertz CT molecular complexity index is 686. The molecule has 1 aromatic rings. The van der Waals surface area contributed by atoms with Crippen molar-refractivity contribution in [3.63, 3.8) is 0 Å². The molecule has 5 heteroatoms. The van der Waals surface area contributed by atoms with E-state index in [9.17, 15) is 9.59 Å². The summed E-state index contributed by atoms with van der Waals surface area (Å²) < 4.78 is 0. The predicted molar refractivity (Wildman–Crippen MR) is 111 cm³/mol. The summed E-state index contributed by atoms with van der Waals surface area (Å²) in [4.78, 5) is 33.4. The number of rotatable bonds is 7. The van der Waals surface area contributed by atoms with Gasteiger partial charge in [0.05, 0.1) is 0 Å². The number of hydrogen-bond acceptors (Lipinski definition) is 3. The summed E-state index contributed by atoms with van der Waals surface area (Å²) in [5.74, 6) is 0.868. The zero-order chi connectivity index (χ0) is 19.8. The number of piperidine rings is 1. The van der Waals surface area contributed by atoms with E-state index in [1.165, 1.54) is 6.42 Å². The molecular weight excluding hydrogens is 350 g/mol. The summed E-state index contributed by atoms with van der Waals surface area (Å²) in [5, 5.41) is 0. The van der Waals surface area contributed by atoms with Crippen LogP contribution < -0.4 is 0 Å². The van der Waals surface area contributed by atoms with Crippen molar-refractivity contribution in [1.29, 1.82) is 0 Å².